The molecule has 0 amide bonds. The Morgan fingerprint density at radius 1 is 1.35 bits per heavy atom. The number of nitrogens with zero attached hydrogens (tertiary/aromatic N) is 1. The molecular weight excluding hydrogens is 214 g/mol. The molecule has 0 aliphatic carbocycles. The molecule has 3 rings (SSSR count). The molecule has 0 saturated carbocycles. The summed E-state index contributed by atoms with van der Waals surface area (Å²) >= 11 is 0. The third kappa shape index (κ3) is 2.07. The Morgan fingerprint density at radius 3 is 2.65 bits per heavy atom. The molecule has 1 saturated heterocycles. The van der Waals surface area contributed by atoms with Crippen LogP contribution in [-0.4, -0.2) is 24.1 Å². The lowest BCUT2D eigenvalue weighted by Gasteiger charge is -2.07. The fourth-order valence-electron chi connectivity index (χ4n) is 1.93. The maximum Gasteiger partial charge on any atom is 0.217 e. The van der Waals surface area contributed by atoms with Crippen molar-refractivity contribution in [1.82, 2.24) is 0 Å². The van der Waals surface area contributed by atoms with Crippen LogP contribution >= 0.6 is 0 Å². The van der Waals surface area contributed by atoms with Gasteiger partial charge in [0, 0.05) is 0 Å². The van der Waals surface area contributed by atoms with Crippen LogP contribution in [0, 0.1) is 6.92 Å². The second-order valence-corrected chi connectivity index (χ2v) is 5.29. The van der Waals surface area contributed by atoms with Crippen molar-refractivity contribution in [3.05, 3.63) is 35.4 Å². The van der Waals surface area contributed by atoms with Crippen molar-refractivity contribution in [3.63, 3.8) is 0 Å². The van der Waals surface area contributed by atoms with Crippen LogP contribution in [0.3, 0.4) is 0 Å². The van der Waals surface area contributed by atoms with Gasteiger partial charge in [0.05, 0.1) is 6.91 Å². The number of epoxide rings is 1. The summed E-state index contributed by atoms with van der Waals surface area (Å²) in [6.07, 6.45) is -1.38. The number of benzene rings is 1. The van der Waals surface area contributed by atoms with E-state index < -0.39 is 6.08 Å². The first-order valence-corrected chi connectivity index (χ1v) is 5.88. The molecule has 2 heterocycles. The molecule has 1 fully saturated rings. The number of aliphatic imine (C=N–C) groups is 1. The van der Waals surface area contributed by atoms with E-state index in [1.54, 1.807) is 0 Å². The first-order valence-electron chi connectivity index (χ1n) is 6.38. The quantitative estimate of drug-likeness (QED) is 0.735. The lowest BCUT2D eigenvalue weighted by atomic mass is 10.1. The van der Waals surface area contributed by atoms with Crippen molar-refractivity contribution in [3.8, 4) is 0 Å². The van der Waals surface area contributed by atoms with Crippen LogP contribution in [0.4, 0.5) is 0 Å². The lowest BCUT2D eigenvalue weighted by molar-refractivity contribution is 0.266. The van der Waals surface area contributed by atoms with Gasteiger partial charge in [-0.15, -0.1) is 0 Å². The second kappa shape index (κ2) is 3.57. The van der Waals surface area contributed by atoms with Crippen molar-refractivity contribution in [1.29, 1.82) is 0 Å². The molecule has 2 aliphatic rings. The van der Waals surface area contributed by atoms with Crippen molar-refractivity contribution in [2.75, 3.05) is 6.61 Å². The molecule has 0 bridgehead atoms. The van der Waals surface area contributed by atoms with Gasteiger partial charge in [-0.2, -0.15) is 0 Å². The van der Waals surface area contributed by atoms with Crippen molar-refractivity contribution in [2.45, 2.75) is 38.5 Å². The summed E-state index contributed by atoms with van der Waals surface area (Å²) in [6, 6.07) is 8.05. The summed E-state index contributed by atoms with van der Waals surface area (Å²) in [7, 11) is 0. The molecule has 0 radical (unpaired) electrons. The summed E-state index contributed by atoms with van der Waals surface area (Å²) in [4.78, 5) is 4.43. The number of aryl methyl sites for hydroxylation is 1. The summed E-state index contributed by atoms with van der Waals surface area (Å²) in [5.74, 6) is 0.415. The molecule has 0 unspecified atom stereocenters. The van der Waals surface area contributed by atoms with E-state index in [0.29, 0.717) is 12.5 Å². The zero-order valence-corrected chi connectivity index (χ0v) is 10.4. The Kier molecular flexibility index (Phi) is 2.03. The zero-order chi connectivity index (χ0) is 13.0. The van der Waals surface area contributed by atoms with E-state index in [2.05, 4.69) is 4.99 Å². The molecule has 1 aromatic rings. The molecule has 3 nitrogen and oxygen atoms in total. The van der Waals surface area contributed by atoms with Gasteiger partial charge in [-0.25, -0.2) is 4.99 Å². The van der Waals surface area contributed by atoms with Gasteiger partial charge in [0.15, 0.2) is 6.08 Å². The summed E-state index contributed by atoms with van der Waals surface area (Å²) in [5, 5.41) is 0. The minimum Gasteiger partial charge on any atom is -0.476 e. The van der Waals surface area contributed by atoms with Gasteiger partial charge in [0.2, 0.25) is 5.90 Å². The van der Waals surface area contributed by atoms with E-state index in [4.69, 9.17) is 10.8 Å². The highest BCUT2D eigenvalue weighted by Gasteiger charge is 2.48. The highest BCUT2D eigenvalue weighted by molar-refractivity contribution is 5.85. The van der Waals surface area contributed by atoms with Crippen LogP contribution in [0.15, 0.2) is 29.3 Å². The van der Waals surface area contributed by atoms with E-state index in [-0.39, 0.29) is 11.6 Å². The van der Waals surface area contributed by atoms with Crippen LogP contribution < -0.4 is 0 Å². The minimum atomic E-state index is -1.12. The van der Waals surface area contributed by atoms with E-state index >= 15 is 0 Å². The summed E-state index contributed by atoms with van der Waals surface area (Å²) in [5.41, 5.74) is 1.96. The Bertz CT molecular complexity index is 509. The standard InChI is InChI=1S/C14H17NO2/c1-9-4-6-10(7-5-9)11-12(17-11)13-15-14(2,3)8-16-13/h4-7,11-12H,8H2,1-3H3/t11-,12+/m1/s1/i12D. The molecule has 0 aromatic heterocycles. The molecule has 0 N–H and O–H groups in total. The third-order valence-corrected chi connectivity index (χ3v) is 2.98. The summed E-state index contributed by atoms with van der Waals surface area (Å²) in [6.45, 7) is 6.55. The molecule has 0 spiro atoms. The van der Waals surface area contributed by atoms with Gasteiger partial charge in [0.1, 0.15) is 12.7 Å². The van der Waals surface area contributed by atoms with E-state index in [0.717, 1.165) is 5.56 Å². The third-order valence-electron chi connectivity index (χ3n) is 2.98. The largest absolute Gasteiger partial charge is 0.476 e. The monoisotopic (exact) mass is 232 g/mol. The van der Waals surface area contributed by atoms with Gasteiger partial charge in [-0.1, -0.05) is 29.8 Å². The first-order chi connectivity index (χ1) is 8.41. The normalized spacial score (nSPS) is 34.9. The highest BCUT2D eigenvalue weighted by atomic mass is 16.6. The average Bonchev–Trinajstić information content (AvgIpc) is 2.85. The van der Waals surface area contributed by atoms with Gasteiger partial charge in [-0.05, 0) is 26.3 Å². The predicted octanol–water partition coefficient (Wildman–Crippen LogP) is 2.64. The van der Waals surface area contributed by atoms with Crippen molar-refractivity contribution >= 4 is 5.90 Å². The van der Waals surface area contributed by atoms with E-state index in [1.807, 2.05) is 45.0 Å². The molecule has 2 aliphatic heterocycles. The molecule has 17 heavy (non-hydrogen) atoms. The van der Waals surface area contributed by atoms with Gasteiger partial charge < -0.3 is 9.47 Å². The number of hydrogen-bond acceptors (Lipinski definition) is 3. The van der Waals surface area contributed by atoms with E-state index in [1.165, 1.54) is 5.56 Å². The van der Waals surface area contributed by atoms with Crippen LogP contribution in [-0.2, 0) is 9.47 Å². The fraction of sp³-hybridized carbons (Fsp3) is 0.500. The predicted molar refractivity (Wildman–Crippen MR) is 66.3 cm³/mol. The molecule has 1 aromatic carbocycles. The van der Waals surface area contributed by atoms with E-state index in [9.17, 15) is 0 Å². The number of rotatable bonds is 2. The molecule has 90 valence electrons. The number of ether oxygens (including phenoxy) is 2. The van der Waals surface area contributed by atoms with Gasteiger partial charge >= 0.3 is 0 Å². The first kappa shape index (κ1) is 9.66. The Labute approximate surface area is 103 Å². The minimum absolute atomic E-state index is 0.243. The van der Waals surface area contributed by atoms with Crippen LogP contribution in [0.5, 0.6) is 0 Å². The Hall–Kier alpha value is -1.35. The molecule has 2 atom stereocenters. The van der Waals surface area contributed by atoms with Crippen LogP contribution in [0.25, 0.3) is 0 Å². The molecule has 3 heteroatoms. The highest BCUT2D eigenvalue weighted by Crippen LogP contribution is 2.41. The van der Waals surface area contributed by atoms with Crippen LogP contribution in [0.1, 0.15) is 32.4 Å². The smallest absolute Gasteiger partial charge is 0.217 e. The Morgan fingerprint density at radius 2 is 2.06 bits per heavy atom. The van der Waals surface area contributed by atoms with Crippen molar-refractivity contribution in [2.24, 2.45) is 4.99 Å². The van der Waals surface area contributed by atoms with Crippen LogP contribution in [0.2, 0.25) is 0 Å². The topological polar surface area (TPSA) is 34.1 Å². The SMILES string of the molecule is [2H][C@]1(C2=NC(C)(C)CO2)O[C@@H]1c1ccc(C)cc1. The van der Waals surface area contributed by atoms with Gasteiger partial charge in [0.25, 0.3) is 0 Å². The second-order valence-electron chi connectivity index (χ2n) is 5.29. The summed E-state index contributed by atoms with van der Waals surface area (Å²) < 4.78 is 19.3. The lowest BCUT2D eigenvalue weighted by Crippen LogP contribution is -2.17. The Balaban J connectivity index is 1.82. The fourth-order valence-corrected chi connectivity index (χ4v) is 1.93. The maximum absolute atomic E-state index is 8.29. The molecular formula is C14H17NO2. The van der Waals surface area contributed by atoms with Gasteiger partial charge in [-0.3, -0.25) is 0 Å². The maximum atomic E-state index is 8.29. The zero-order valence-electron chi connectivity index (χ0n) is 11.4. The average molecular weight is 232 g/mol. The van der Waals surface area contributed by atoms with Crippen molar-refractivity contribution < 1.29 is 10.8 Å². The number of hydrogen-bond donors (Lipinski definition) is 0.